The molecule has 2 aromatic carbocycles. The van der Waals surface area contributed by atoms with Gasteiger partial charge in [-0.15, -0.1) is 0 Å². The molecule has 1 amide bonds. The second-order valence-electron chi connectivity index (χ2n) is 8.05. The summed E-state index contributed by atoms with van der Waals surface area (Å²) < 4.78 is 26.2. The SMILES string of the molecule is CCc1cccc2sc(N(CCCN(C)C)C(=O)CCCS(=O)(=O)c3ccccc3)nc12. The summed E-state index contributed by atoms with van der Waals surface area (Å²) in [6.07, 6.45) is 2.15. The third kappa shape index (κ3) is 6.15. The van der Waals surface area contributed by atoms with Crippen LogP contribution >= 0.6 is 11.3 Å². The van der Waals surface area contributed by atoms with E-state index < -0.39 is 9.84 Å². The summed E-state index contributed by atoms with van der Waals surface area (Å²) >= 11 is 1.52. The van der Waals surface area contributed by atoms with Crippen molar-refractivity contribution in [3.8, 4) is 0 Å². The van der Waals surface area contributed by atoms with Crippen LogP contribution in [0.25, 0.3) is 10.2 Å². The Balaban J connectivity index is 1.74. The van der Waals surface area contributed by atoms with Crippen molar-refractivity contribution in [1.82, 2.24) is 9.88 Å². The maximum absolute atomic E-state index is 13.2. The summed E-state index contributed by atoms with van der Waals surface area (Å²) in [7, 11) is 0.617. The lowest BCUT2D eigenvalue weighted by Gasteiger charge is -2.21. The van der Waals surface area contributed by atoms with Crippen molar-refractivity contribution in [3.63, 3.8) is 0 Å². The first-order valence-electron chi connectivity index (χ1n) is 10.9. The molecule has 8 heteroatoms. The molecular weight excluding hydrogens is 442 g/mol. The van der Waals surface area contributed by atoms with Crippen LogP contribution < -0.4 is 4.90 Å². The molecule has 0 aliphatic heterocycles. The number of rotatable bonds is 11. The van der Waals surface area contributed by atoms with Crippen molar-refractivity contribution >= 4 is 42.4 Å². The fourth-order valence-electron chi connectivity index (χ4n) is 3.56. The molecule has 0 bridgehead atoms. The van der Waals surface area contributed by atoms with E-state index >= 15 is 0 Å². The monoisotopic (exact) mass is 473 g/mol. The van der Waals surface area contributed by atoms with Crippen molar-refractivity contribution < 1.29 is 13.2 Å². The van der Waals surface area contributed by atoms with Crippen LogP contribution in [0.5, 0.6) is 0 Å². The van der Waals surface area contributed by atoms with Crippen LogP contribution in [-0.4, -0.2) is 57.1 Å². The molecule has 0 spiro atoms. The number of carbonyl (C=O) groups is 1. The molecule has 172 valence electrons. The van der Waals surface area contributed by atoms with Gasteiger partial charge < -0.3 is 4.90 Å². The Morgan fingerprint density at radius 1 is 1.00 bits per heavy atom. The number of aromatic nitrogens is 1. The van der Waals surface area contributed by atoms with E-state index in [9.17, 15) is 13.2 Å². The number of aryl methyl sites for hydroxylation is 1. The Morgan fingerprint density at radius 3 is 2.44 bits per heavy atom. The first kappa shape index (κ1) is 24.4. The van der Waals surface area contributed by atoms with Gasteiger partial charge in [0.2, 0.25) is 5.91 Å². The Hall–Kier alpha value is -2.29. The maximum atomic E-state index is 13.2. The molecular formula is C24H31N3O3S2. The first-order chi connectivity index (χ1) is 15.3. The van der Waals surface area contributed by atoms with Gasteiger partial charge in [-0.3, -0.25) is 9.69 Å². The summed E-state index contributed by atoms with van der Waals surface area (Å²) in [4.78, 5) is 22.1. The van der Waals surface area contributed by atoms with E-state index in [1.165, 1.54) is 16.9 Å². The minimum Gasteiger partial charge on any atom is -0.309 e. The summed E-state index contributed by atoms with van der Waals surface area (Å²) in [5, 5.41) is 0.690. The van der Waals surface area contributed by atoms with Crippen LogP contribution in [0.1, 0.15) is 31.7 Å². The molecule has 32 heavy (non-hydrogen) atoms. The quantitative estimate of drug-likeness (QED) is 0.413. The zero-order valence-corrected chi connectivity index (χ0v) is 20.6. The van der Waals surface area contributed by atoms with E-state index in [0.717, 1.165) is 29.6 Å². The van der Waals surface area contributed by atoms with Gasteiger partial charge in [0.05, 0.1) is 20.9 Å². The number of hydrogen-bond acceptors (Lipinski definition) is 6. The maximum Gasteiger partial charge on any atom is 0.228 e. The molecule has 0 saturated carbocycles. The number of nitrogens with zero attached hydrogens (tertiary/aromatic N) is 3. The molecule has 0 N–H and O–H groups in total. The fourth-order valence-corrected chi connectivity index (χ4v) is 5.95. The first-order valence-corrected chi connectivity index (χ1v) is 13.4. The lowest BCUT2D eigenvalue weighted by Crippen LogP contribution is -2.33. The minimum absolute atomic E-state index is 0.0475. The van der Waals surface area contributed by atoms with Crippen LogP contribution in [0.15, 0.2) is 53.4 Å². The van der Waals surface area contributed by atoms with Crippen molar-refractivity contribution in [1.29, 1.82) is 0 Å². The number of sulfone groups is 1. The minimum atomic E-state index is -3.39. The number of thiazole rings is 1. The molecule has 1 heterocycles. The van der Waals surface area contributed by atoms with Crippen LogP contribution in [0.2, 0.25) is 0 Å². The molecule has 0 aliphatic rings. The van der Waals surface area contributed by atoms with Gasteiger partial charge in [0.15, 0.2) is 15.0 Å². The van der Waals surface area contributed by atoms with Crippen molar-refractivity contribution in [3.05, 3.63) is 54.1 Å². The molecule has 6 nitrogen and oxygen atoms in total. The van der Waals surface area contributed by atoms with E-state index in [-0.39, 0.29) is 24.5 Å². The van der Waals surface area contributed by atoms with E-state index in [0.29, 0.717) is 16.6 Å². The standard InChI is InChI=1S/C24H31N3O3S2/c1-4-19-11-8-14-21-23(19)25-24(31-21)27(17-10-16-26(2)3)22(28)15-9-18-32(29,30)20-12-6-5-7-13-20/h5-8,11-14H,4,9-10,15-18H2,1-3H3. The van der Waals surface area contributed by atoms with Gasteiger partial charge in [0.25, 0.3) is 0 Å². The van der Waals surface area contributed by atoms with Crippen LogP contribution in [0.3, 0.4) is 0 Å². The van der Waals surface area contributed by atoms with Crippen LogP contribution in [0, 0.1) is 0 Å². The second kappa shape index (κ2) is 11.0. The Bertz CT molecular complexity index is 1140. The highest BCUT2D eigenvalue weighted by atomic mass is 32.2. The third-order valence-electron chi connectivity index (χ3n) is 5.30. The molecule has 0 aliphatic carbocycles. The van der Waals surface area contributed by atoms with Crippen molar-refractivity contribution in [2.24, 2.45) is 0 Å². The van der Waals surface area contributed by atoms with Gasteiger partial charge in [-0.05, 0) is 63.7 Å². The van der Waals surface area contributed by atoms with Gasteiger partial charge in [-0.25, -0.2) is 13.4 Å². The highest BCUT2D eigenvalue weighted by molar-refractivity contribution is 7.91. The van der Waals surface area contributed by atoms with Gasteiger partial charge in [0.1, 0.15) is 0 Å². The summed E-state index contributed by atoms with van der Waals surface area (Å²) in [5.41, 5.74) is 2.12. The van der Waals surface area contributed by atoms with Crippen molar-refractivity contribution in [2.45, 2.75) is 37.5 Å². The average Bonchev–Trinajstić information content (AvgIpc) is 3.21. The van der Waals surface area contributed by atoms with E-state index in [4.69, 9.17) is 4.98 Å². The number of para-hydroxylation sites is 1. The van der Waals surface area contributed by atoms with Gasteiger partial charge in [0, 0.05) is 13.0 Å². The highest BCUT2D eigenvalue weighted by Crippen LogP contribution is 2.31. The predicted octanol–water partition coefficient (Wildman–Crippen LogP) is 4.40. The zero-order chi connectivity index (χ0) is 23.1. The zero-order valence-electron chi connectivity index (χ0n) is 19.0. The molecule has 0 atom stereocenters. The second-order valence-corrected chi connectivity index (χ2v) is 11.2. The topological polar surface area (TPSA) is 70.6 Å². The van der Waals surface area contributed by atoms with Crippen LogP contribution in [-0.2, 0) is 21.1 Å². The van der Waals surface area contributed by atoms with Gasteiger partial charge >= 0.3 is 0 Å². The molecule has 0 fully saturated rings. The fraction of sp³-hybridized carbons (Fsp3) is 0.417. The summed E-state index contributed by atoms with van der Waals surface area (Å²) in [6, 6.07) is 14.5. The summed E-state index contributed by atoms with van der Waals surface area (Å²) in [6.45, 7) is 3.52. The Kier molecular flexibility index (Phi) is 8.39. The lowest BCUT2D eigenvalue weighted by molar-refractivity contribution is -0.118. The molecule has 1 aromatic heterocycles. The highest BCUT2D eigenvalue weighted by Gasteiger charge is 2.21. The third-order valence-corrected chi connectivity index (χ3v) is 8.16. The van der Waals surface area contributed by atoms with Gasteiger partial charge in [-0.2, -0.15) is 0 Å². The lowest BCUT2D eigenvalue weighted by atomic mass is 10.1. The van der Waals surface area contributed by atoms with E-state index in [1.54, 1.807) is 35.2 Å². The Morgan fingerprint density at radius 2 is 1.75 bits per heavy atom. The molecule has 3 aromatic rings. The van der Waals surface area contributed by atoms with E-state index in [2.05, 4.69) is 17.9 Å². The number of anilines is 1. The number of benzene rings is 2. The van der Waals surface area contributed by atoms with Crippen LogP contribution in [0.4, 0.5) is 5.13 Å². The number of amides is 1. The molecule has 0 saturated heterocycles. The molecule has 3 rings (SSSR count). The normalized spacial score (nSPS) is 11.9. The predicted molar refractivity (Wildman–Crippen MR) is 132 cm³/mol. The van der Waals surface area contributed by atoms with E-state index in [1.807, 2.05) is 26.2 Å². The summed E-state index contributed by atoms with van der Waals surface area (Å²) in [5.74, 6) is -0.127. The molecule has 0 radical (unpaired) electrons. The molecule has 0 unspecified atom stereocenters. The average molecular weight is 474 g/mol. The largest absolute Gasteiger partial charge is 0.309 e. The Labute approximate surface area is 194 Å². The van der Waals surface area contributed by atoms with Gasteiger partial charge in [-0.1, -0.05) is 48.6 Å². The number of carbonyl (C=O) groups excluding carboxylic acids is 1. The number of fused-ring (bicyclic) bond motifs is 1. The van der Waals surface area contributed by atoms with Crippen molar-refractivity contribution in [2.75, 3.05) is 37.8 Å². The number of hydrogen-bond donors (Lipinski definition) is 0. The smallest absolute Gasteiger partial charge is 0.228 e.